The molecule has 8 nitrogen and oxygen atoms in total. The van der Waals surface area contributed by atoms with Crippen molar-refractivity contribution in [1.29, 1.82) is 0 Å². The van der Waals surface area contributed by atoms with Crippen molar-refractivity contribution in [2.75, 3.05) is 5.01 Å². The van der Waals surface area contributed by atoms with Crippen LogP contribution in [0.2, 0.25) is 0 Å². The molecule has 0 saturated carbocycles. The molecular weight excluding hydrogens is 358 g/mol. The highest BCUT2D eigenvalue weighted by Gasteiger charge is 2.36. The SMILES string of the molecule is Cc1nn(C)c(C)c1CC(C)NC(=O)C1=NN(c2ccccc2)C(C(=O)O)C1. The number of nitrogens with zero attached hydrogens (tertiary/aromatic N) is 4. The summed E-state index contributed by atoms with van der Waals surface area (Å²) in [6, 6.07) is 7.99. The Bertz CT molecular complexity index is 919. The molecule has 8 heteroatoms. The number of rotatable bonds is 6. The van der Waals surface area contributed by atoms with Gasteiger partial charge in [0, 0.05) is 25.2 Å². The van der Waals surface area contributed by atoms with Gasteiger partial charge in [0.25, 0.3) is 5.91 Å². The topological polar surface area (TPSA) is 99.8 Å². The fourth-order valence-electron chi connectivity index (χ4n) is 3.44. The molecule has 148 valence electrons. The minimum atomic E-state index is -1.01. The third kappa shape index (κ3) is 3.90. The lowest BCUT2D eigenvalue weighted by Crippen LogP contribution is -2.39. The molecule has 0 bridgehead atoms. The Morgan fingerprint density at radius 2 is 1.96 bits per heavy atom. The number of hydrogen-bond donors (Lipinski definition) is 2. The van der Waals surface area contributed by atoms with E-state index >= 15 is 0 Å². The van der Waals surface area contributed by atoms with Crippen LogP contribution in [0.3, 0.4) is 0 Å². The Morgan fingerprint density at radius 3 is 2.54 bits per heavy atom. The van der Waals surface area contributed by atoms with Gasteiger partial charge < -0.3 is 10.4 Å². The summed E-state index contributed by atoms with van der Waals surface area (Å²) in [6.45, 7) is 5.87. The Morgan fingerprint density at radius 1 is 1.29 bits per heavy atom. The molecule has 1 aromatic carbocycles. The smallest absolute Gasteiger partial charge is 0.328 e. The predicted octanol–water partition coefficient (Wildman–Crippen LogP) is 1.80. The summed E-state index contributed by atoms with van der Waals surface area (Å²) in [4.78, 5) is 24.3. The van der Waals surface area contributed by atoms with Crippen LogP contribution in [0, 0.1) is 13.8 Å². The third-order valence-electron chi connectivity index (χ3n) is 5.02. The predicted molar refractivity (Wildman–Crippen MR) is 106 cm³/mol. The number of anilines is 1. The van der Waals surface area contributed by atoms with Gasteiger partial charge in [0.1, 0.15) is 5.71 Å². The van der Waals surface area contributed by atoms with Crippen LogP contribution in [0.25, 0.3) is 0 Å². The first-order valence-electron chi connectivity index (χ1n) is 9.22. The van der Waals surface area contributed by atoms with Crippen LogP contribution in [0.1, 0.15) is 30.3 Å². The van der Waals surface area contributed by atoms with E-state index in [1.807, 2.05) is 50.7 Å². The number of hydrazone groups is 1. The maximum atomic E-state index is 12.7. The normalized spacial score (nSPS) is 17.4. The number of carboxylic acids is 1. The molecule has 0 saturated heterocycles. The first-order valence-corrected chi connectivity index (χ1v) is 9.22. The Kier molecular flexibility index (Phi) is 5.48. The van der Waals surface area contributed by atoms with Gasteiger partial charge in [0.2, 0.25) is 0 Å². The van der Waals surface area contributed by atoms with Crippen molar-refractivity contribution >= 4 is 23.3 Å². The average Bonchev–Trinajstić information content (AvgIpc) is 3.20. The number of aliphatic carboxylic acids is 1. The lowest BCUT2D eigenvalue weighted by molar-refractivity contribution is -0.138. The number of carboxylic acid groups (broad SMARTS) is 1. The van der Waals surface area contributed by atoms with Crippen LogP contribution in [-0.2, 0) is 23.1 Å². The highest BCUT2D eigenvalue weighted by atomic mass is 16.4. The fourth-order valence-corrected chi connectivity index (χ4v) is 3.44. The van der Waals surface area contributed by atoms with Crippen LogP contribution < -0.4 is 10.3 Å². The van der Waals surface area contributed by atoms with Gasteiger partial charge in [-0.05, 0) is 44.9 Å². The van der Waals surface area contributed by atoms with E-state index in [-0.39, 0.29) is 24.1 Å². The molecule has 1 aliphatic heterocycles. The number of amides is 1. The van der Waals surface area contributed by atoms with Gasteiger partial charge in [-0.3, -0.25) is 14.5 Å². The number of nitrogens with one attached hydrogen (secondary N) is 1. The standard InChI is InChI=1S/C20H25N5O3/c1-12(10-16-13(2)22-24(4)14(16)3)21-19(26)17-11-18(20(27)28)25(23-17)15-8-6-5-7-9-15/h5-9,12,18H,10-11H2,1-4H3,(H,21,26)(H,27,28). The maximum Gasteiger partial charge on any atom is 0.328 e. The van der Waals surface area contributed by atoms with Crippen molar-refractivity contribution in [1.82, 2.24) is 15.1 Å². The second-order valence-electron chi connectivity index (χ2n) is 7.14. The van der Waals surface area contributed by atoms with Gasteiger partial charge in [-0.25, -0.2) is 4.79 Å². The zero-order valence-electron chi connectivity index (χ0n) is 16.5. The van der Waals surface area contributed by atoms with E-state index < -0.39 is 12.0 Å². The van der Waals surface area contributed by atoms with Crippen LogP contribution in [-0.4, -0.2) is 44.6 Å². The second-order valence-corrected chi connectivity index (χ2v) is 7.14. The highest BCUT2D eigenvalue weighted by molar-refractivity contribution is 6.40. The van der Waals surface area contributed by atoms with E-state index in [1.54, 1.807) is 12.1 Å². The minimum Gasteiger partial charge on any atom is -0.480 e. The third-order valence-corrected chi connectivity index (χ3v) is 5.02. The zero-order valence-corrected chi connectivity index (χ0v) is 16.5. The van der Waals surface area contributed by atoms with E-state index in [4.69, 9.17) is 0 Å². The molecule has 28 heavy (non-hydrogen) atoms. The molecule has 0 spiro atoms. The molecule has 2 atom stereocenters. The monoisotopic (exact) mass is 383 g/mol. The lowest BCUT2D eigenvalue weighted by Gasteiger charge is -2.19. The van der Waals surface area contributed by atoms with Crippen molar-refractivity contribution in [3.8, 4) is 0 Å². The van der Waals surface area contributed by atoms with E-state index in [2.05, 4.69) is 15.5 Å². The molecule has 0 aliphatic carbocycles. The molecule has 1 amide bonds. The highest BCUT2D eigenvalue weighted by Crippen LogP contribution is 2.24. The molecule has 1 aromatic heterocycles. The molecule has 1 aliphatic rings. The van der Waals surface area contributed by atoms with Crippen molar-refractivity contribution in [3.63, 3.8) is 0 Å². The van der Waals surface area contributed by atoms with E-state index in [1.165, 1.54) is 5.01 Å². The van der Waals surface area contributed by atoms with Gasteiger partial charge in [-0.1, -0.05) is 18.2 Å². The van der Waals surface area contributed by atoms with E-state index in [0.29, 0.717) is 12.1 Å². The fraction of sp³-hybridized carbons (Fsp3) is 0.400. The van der Waals surface area contributed by atoms with E-state index in [9.17, 15) is 14.7 Å². The number of aryl methyl sites for hydroxylation is 2. The largest absolute Gasteiger partial charge is 0.480 e. The Labute approximate surface area is 163 Å². The number of para-hydroxylation sites is 1. The summed E-state index contributed by atoms with van der Waals surface area (Å²) in [5.74, 6) is -1.35. The molecule has 0 radical (unpaired) electrons. The number of aromatic nitrogens is 2. The van der Waals surface area contributed by atoms with Crippen molar-refractivity contribution < 1.29 is 14.7 Å². The van der Waals surface area contributed by atoms with E-state index in [0.717, 1.165) is 17.0 Å². The number of hydrogen-bond acceptors (Lipinski definition) is 5. The van der Waals surface area contributed by atoms with Crippen molar-refractivity contribution in [2.45, 2.75) is 45.7 Å². The molecule has 2 N–H and O–H groups in total. The molecule has 0 fully saturated rings. The molecule has 2 aromatic rings. The second kappa shape index (κ2) is 7.84. The quantitative estimate of drug-likeness (QED) is 0.792. The van der Waals surface area contributed by atoms with Gasteiger partial charge in [-0.15, -0.1) is 0 Å². The van der Waals surface area contributed by atoms with Crippen molar-refractivity contribution in [2.24, 2.45) is 12.1 Å². The molecular formula is C20H25N5O3. The molecule has 2 heterocycles. The first kappa shape index (κ1) is 19.6. The van der Waals surface area contributed by atoms with Gasteiger partial charge in [0.15, 0.2) is 6.04 Å². The summed E-state index contributed by atoms with van der Waals surface area (Å²) in [6.07, 6.45) is 0.711. The van der Waals surface area contributed by atoms with Gasteiger partial charge >= 0.3 is 5.97 Å². The summed E-state index contributed by atoms with van der Waals surface area (Å²) in [5, 5.41) is 22.6. The van der Waals surface area contributed by atoms with Gasteiger partial charge in [-0.2, -0.15) is 10.2 Å². The molecule has 2 unspecified atom stereocenters. The lowest BCUT2D eigenvalue weighted by atomic mass is 10.0. The minimum absolute atomic E-state index is 0.0632. The molecule has 3 rings (SSSR count). The van der Waals surface area contributed by atoms with Crippen LogP contribution in [0.15, 0.2) is 35.4 Å². The summed E-state index contributed by atoms with van der Waals surface area (Å²) in [7, 11) is 1.90. The first-order chi connectivity index (χ1) is 13.3. The Hall–Kier alpha value is -3.16. The number of benzene rings is 1. The summed E-state index contributed by atoms with van der Waals surface area (Å²) in [5.41, 5.74) is 3.99. The summed E-state index contributed by atoms with van der Waals surface area (Å²) < 4.78 is 1.83. The van der Waals surface area contributed by atoms with Gasteiger partial charge in [0.05, 0.1) is 11.4 Å². The zero-order chi connectivity index (χ0) is 20.4. The number of carbonyl (C=O) groups excluding carboxylic acids is 1. The average molecular weight is 383 g/mol. The van der Waals surface area contributed by atoms with Crippen LogP contribution >= 0.6 is 0 Å². The summed E-state index contributed by atoms with van der Waals surface area (Å²) >= 11 is 0. The van der Waals surface area contributed by atoms with Crippen LogP contribution in [0.5, 0.6) is 0 Å². The van der Waals surface area contributed by atoms with Crippen LogP contribution in [0.4, 0.5) is 5.69 Å². The van der Waals surface area contributed by atoms with Crippen molar-refractivity contribution in [3.05, 3.63) is 47.3 Å². The Balaban J connectivity index is 1.72. The maximum absolute atomic E-state index is 12.7. The number of carbonyl (C=O) groups is 2.